The summed E-state index contributed by atoms with van der Waals surface area (Å²) >= 11 is 5.75. The molecule has 2 rings (SSSR count). The Morgan fingerprint density at radius 2 is 1.70 bits per heavy atom. The van der Waals surface area contributed by atoms with Gasteiger partial charge < -0.3 is 5.32 Å². The van der Waals surface area contributed by atoms with Crippen molar-refractivity contribution in [3.8, 4) is 0 Å². The molecule has 0 saturated heterocycles. The predicted molar refractivity (Wildman–Crippen MR) is 85.4 cm³/mol. The summed E-state index contributed by atoms with van der Waals surface area (Å²) < 4.78 is 12.7. The number of carbonyl (C=O) groups excluding carboxylic acids is 2. The molecule has 0 fully saturated rings. The minimum atomic E-state index is -0.891. The van der Waals surface area contributed by atoms with Crippen LogP contribution in [0.3, 0.4) is 0 Å². The Morgan fingerprint density at radius 1 is 1.04 bits per heavy atom. The maximum Gasteiger partial charge on any atom is 0.329 e. The summed E-state index contributed by atoms with van der Waals surface area (Å²) in [6.07, 6.45) is 1.31. The molecule has 0 unspecified atom stereocenters. The maximum absolute atomic E-state index is 12.7. The van der Waals surface area contributed by atoms with Crippen LogP contribution < -0.4 is 10.7 Å². The van der Waals surface area contributed by atoms with Crippen LogP contribution in [-0.4, -0.2) is 18.0 Å². The van der Waals surface area contributed by atoms with Crippen molar-refractivity contribution in [3.05, 3.63) is 70.5 Å². The minimum Gasteiger partial charge on any atom is -0.344 e. The van der Waals surface area contributed by atoms with Crippen LogP contribution in [0.1, 0.15) is 11.1 Å². The molecule has 0 bridgehead atoms. The lowest BCUT2D eigenvalue weighted by Crippen LogP contribution is -2.37. The van der Waals surface area contributed by atoms with E-state index >= 15 is 0 Å². The van der Waals surface area contributed by atoms with Gasteiger partial charge in [0.1, 0.15) is 5.82 Å². The van der Waals surface area contributed by atoms with Gasteiger partial charge in [0.2, 0.25) is 0 Å². The molecule has 0 spiro atoms. The Labute approximate surface area is 137 Å². The first-order chi connectivity index (χ1) is 11.0. The van der Waals surface area contributed by atoms with Gasteiger partial charge in [0.25, 0.3) is 0 Å². The summed E-state index contributed by atoms with van der Waals surface area (Å²) in [6.45, 7) is 0.200. The number of hydrazone groups is 1. The Bertz CT molecular complexity index is 715. The van der Waals surface area contributed by atoms with E-state index in [9.17, 15) is 14.0 Å². The molecule has 0 aliphatic carbocycles. The molecule has 2 amide bonds. The summed E-state index contributed by atoms with van der Waals surface area (Å²) in [4.78, 5) is 23.1. The van der Waals surface area contributed by atoms with Gasteiger partial charge in [0.15, 0.2) is 0 Å². The molecular formula is C16H13ClFN3O2. The molecule has 0 aliphatic rings. The quantitative estimate of drug-likeness (QED) is 0.512. The summed E-state index contributed by atoms with van der Waals surface area (Å²) in [6, 6.07) is 12.4. The highest BCUT2D eigenvalue weighted by molar-refractivity contribution is 6.35. The smallest absolute Gasteiger partial charge is 0.329 e. The van der Waals surface area contributed by atoms with Gasteiger partial charge in [-0.05, 0) is 35.4 Å². The molecule has 0 aliphatic heterocycles. The van der Waals surface area contributed by atoms with Crippen LogP contribution in [-0.2, 0) is 16.1 Å². The Balaban J connectivity index is 1.79. The van der Waals surface area contributed by atoms with Gasteiger partial charge in [-0.1, -0.05) is 35.9 Å². The van der Waals surface area contributed by atoms with Gasteiger partial charge in [-0.2, -0.15) is 5.10 Å². The van der Waals surface area contributed by atoms with E-state index in [0.717, 1.165) is 5.56 Å². The molecule has 2 aromatic carbocycles. The van der Waals surface area contributed by atoms with E-state index in [1.165, 1.54) is 30.5 Å². The summed E-state index contributed by atoms with van der Waals surface area (Å²) in [5.74, 6) is -2.07. The van der Waals surface area contributed by atoms with Crippen LogP contribution in [0.5, 0.6) is 0 Å². The van der Waals surface area contributed by atoms with Crippen molar-refractivity contribution >= 4 is 29.6 Å². The molecule has 2 aromatic rings. The lowest BCUT2D eigenvalue weighted by atomic mass is 10.2. The minimum absolute atomic E-state index is 0.200. The zero-order valence-electron chi connectivity index (χ0n) is 11.9. The number of hydrogen-bond donors (Lipinski definition) is 2. The Hall–Kier alpha value is -2.73. The fourth-order valence-electron chi connectivity index (χ4n) is 1.63. The Morgan fingerprint density at radius 3 is 2.35 bits per heavy atom. The number of benzene rings is 2. The van der Waals surface area contributed by atoms with Crippen LogP contribution in [0.2, 0.25) is 5.02 Å². The van der Waals surface area contributed by atoms with Crippen molar-refractivity contribution in [2.24, 2.45) is 5.10 Å². The number of halogens is 2. The van der Waals surface area contributed by atoms with E-state index in [1.54, 1.807) is 24.3 Å². The molecule has 5 nitrogen and oxygen atoms in total. The van der Waals surface area contributed by atoms with Crippen molar-refractivity contribution in [1.29, 1.82) is 0 Å². The van der Waals surface area contributed by atoms with E-state index in [4.69, 9.17) is 11.6 Å². The standard InChI is InChI=1S/C16H13ClFN3O2/c17-13-5-1-11(2-6-13)9-19-15(22)16(23)21-20-10-12-3-7-14(18)8-4-12/h1-8,10H,9H2,(H,19,22)(H,21,23)/b20-10-. The van der Waals surface area contributed by atoms with Crippen LogP contribution in [0.15, 0.2) is 53.6 Å². The molecule has 23 heavy (non-hydrogen) atoms. The van der Waals surface area contributed by atoms with Gasteiger partial charge in [0.05, 0.1) is 6.21 Å². The lowest BCUT2D eigenvalue weighted by Gasteiger charge is -2.04. The van der Waals surface area contributed by atoms with Crippen LogP contribution in [0.25, 0.3) is 0 Å². The van der Waals surface area contributed by atoms with E-state index < -0.39 is 11.8 Å². The zero-order valence-corrected chi connectivity index (χ0v) is 12.7. The average Bonchev–Trinajstić information content (AvgIpc) is 2.55. The topological polar surface area (TPSA) is 70.6 Å². The van der Waals surface area contributed by atoms with Gasteiger partial charge in [-0.25, -0.2) is 9.82 Å². The molecule has 2 N–H and O–H groups in total. The van der Waals surface area contributed by atoms with Gasteiger partial charge in [-0.3, -0.25) is 9.59 Å². The van der Waals surface area contributed by atoms with E-state index in [1.807, 2.05) is 0 Å². The van der Waals surface area contributed by atoms with Crippen molar-refractivity contribution in [2.75, 3.05) is 0 Å². The van der Waals surface area contributed by atoms with Crippen LogP contribution in [0.4, 0.5) is 4.39 Å². The van der Waals surface area contributed by atoms with Crippen molar-refractivity contribution < 1.29 is 14.0 Å². The molecule has 7 heteroatoms. The fourth-order valence-corrected chi connectivity index (χ4v) is 1.76. The van der Waals surface area contributed by atoms with Gasteiger partial charge in [-0.15, -0.1) is 0 Å². The first-order valence-electron chi connectivity index (χ1n) is 6.66. The number of nitrogens with one attached hydrogen (secondary N) is 2. The van der Waals surface area contributed by atoms with Gasteiger partial charge >= 0.3 is 11.8 Å². The number of nitrogens with zero attached hydrogens (tertiary/aromatic N) is 1. The molecule has 0 radical (unpaired) electrons. The highest BCUT2D eigenvalue weighted by Gasteiger charge is 2.11. The average molecular weight is 334 g/mol. The highest BCUT2D eigenvalue weighted by Crippen LogP contribution is 2.08. The first-order valence-corrected chi connectivity index (χ1v) is 7.03. The third kappa shape index (κ3) is 5.52. The number of amides is 2. The number of carbonyl (C=O) groups is 2. The summed E-state index contributed by atoms with van der Waals surface area (Å²) in [5.41, 5.74) is 3.50. The largest absolute Gasteiger partial charge is 0.344 e. The molecule has 0 atom stereocenters. The fraction of sp³-hybridized carbons (Fsp3) is 0.0625. The van der Waals surface area contributed by atoms with E-state index in [0.29, 0.717) is 10.6 Å². The maximum atomic E-state index is 12.7. The first kappa shape index (κ1) is 16.6. The molecule has 0 heterocycles. The van der Waals surface area contributed by atoms with Crippen molar-refractivity contribution in [2.45, 2.75) is 6.54 Å². The number of rotatable bonds is 4. The molecule has 0 aromatic heterocycles. The third-order valence-electron chi connectivity index (χ3n) is 2.82. The highest BCUT2D eigenvalue weighted by atomic mass is 35.5. The van der Waals surface area contributed by atoms with E-state index in [2.05, 4.69) is 15.8 Å². The van der Waals surface area contributed by atoms with Crippen molar-refractivity contribution in [1.82, 2.24) is 10.7 Å². The number of hydrogen-bond acceptors (Lipinski definition) is 3. The van der Waals surface area contributed by atoms with Crippen LogP contribution >= 0.6 is 11.6 Å². The normalized spacial score (nSPS) is 10.5. The molecule has 0 saturated carbocycles. The predicted octanol–water partition coefficient (Wildman–Crippen LogP) is 2.25. The SMILES string of the molecule is O=C(NCc1ccc(Cl)cc1)C(=O)N/N=C\c1ccc(F)cc1. The second-order valence-corrected chi connectivity index (χ2v) is 5.00. The van der Waals surface area contributed by atoms with Crippen molar-refractivity contribution in [3.63, 3.8) is 0 Å². The summed E-state index contributed by atoms with van der Waals surface area (Å²) in [5, 5.41) is 6.68. The Kier molecular flexibility index (Phi) is 5.82. The second-order valence-electron chi connectivity index (χ2n) is 4.56. The zero-order chi connectivity index (χ0) is 16.7. The van der Waals surface area contributed by atoms with Gasteiger partial charge in [0, 0.05) is 11.6 Å². The lowest BCUT2D eigenvalue weighted by molar-refractivity contribution is -0.139. The van der Waals surface area contributed by atoms with E-state index in [-0.39, 0.29) is 12.4 Å². The molecule has 118 valence electrons. The molecular weight excluding hydrogens is 321 g/mol. The van der Waals surface area contributed by atoms with Crippen LogP contribution in [0, 0.1) is 5.82 Å². The monoisotopic (exact) mass is 333 g/mol. The second kappa shape index (κ2) is 8.05. The summed E-state index contributed by atoms with van der Waals surface area (Å²) in [7, 11) is 0. The third-order valence-corrected chi connectivity index (χ3v) is 3.07.